The average molecular weight is 391 g/mol. The zero-order valence-electron chi connectivity index (χ0n) is 14.3. The summed E-state index contributed by atoms with van der Waals surface area (Å²) in [6.45, 7) is 0.194. The summed E-state index contributed by atoms with van der Waals surface area (Å²) >= 11 is 5.82. The van der Waals surface area contributed by atoms with Gasteiger partial charge in [-0.05, 0) is 35.4 Å². The highest BCUT2D eigenvalue weighted by atomic mass is 35.5. The highest BCUT2D eigenvalue weighted by molar-refractivity contribution is 6.30. The Morgan fingerprint density at radius 1 is 1.22 bits per heavy atom. The molecular formula is C19H16ClFN2O4. The maximum absolute atomic E-state index is 14.2. The number of benzene rings is 2. The van der Waals surface area contributed by atoms with Crippen LogP contribution in [0.2, 0.25) is 5.02 Å². The molecule has 8 heteroatoms. The van der Waals surface area contributed by atoms with Gasteiger partial charge in [0.2, 0.25) is 5.43 Å². The van der Waals surface area contributed by atoms with Crippen molar-refractivity contribution in [3.63, 3.8) is 0 Å². The summed E-state index contributed by atoms with van der Waals surface area (Å²) in [5.74, 6) is -1.18. The molecule has 0 saturated heterocycles. The first-order valence-corrected chi connectivity index (χ1v) is 8.39. The van der Waals surface area contributed by atoms with Gasteiger partial charge in [0.1, 0.15) is 18.0 Å². The Kier molecular flexibility index (Phi) is 5.85. The molecule has 0 fully saturated rings. The van der Waals surface area contributed by atoms with Gasteiger partial charge in [0.25, 0.3) is 5.91 Å². The topological polar surface area (TPSA) is 80.4 Å². The number of amides is 1. The molecule has 140 valence electrons. The Balaban J connectivity index is 1.87. The number of hydrogen-bond acceptors (Lipinski definition) is 4. The molecule has 3 aromatic rings. The van der Waals surface area contributed by atoms with Crippen LogP contribution in [0.15, 0.2) is 47.4 Å². The molecule has 0 aliphatic rings. The van der Waals surface area contributed by atoms with Crippen LogP contribution in [0.1, 0.15) is 21.5 Å². The van der Waals surface area contributed by atoms with Gasteiger partial charge in [0.15, 0.2) is 0 Å². The number of H-pyrrole nitrogens is 1. The molecule has 3 rings (SSSR count). The van der Waals surface area contributed by atoms with E-state index in [0.29, 0.717) is 10.6 Å². The van der Waals surface area contributed by atoms with Crippen LogP contribution in [0.5, 0.6) is 0 Å². The van der Waals surface area contributed by atoms with E-state index in [9.17, 15) is 14.0 Å². The highest BCUT2D eigenvalue weighted by Gasteiger charge is 2.15. The number of aromatic amines is 1. The number of pyridine rings is 1. The van der Waals surface area contributed by atoms with E-state index in [2.05, 4.69) is 15.2 Å². The Bertz CT molecular complexity index is 1030. The lowest BCUT2D eigenvalue weighted by atomic mass is 10.1. The Labute approximate surface area is 158 Å². The van der Waals surface area contributed by atoms with Crippen molar-refractivity contribution < 1.29 is 19.0 Å². The monoisotopic (exact) mass is 390 g/mol. The Hall–Kier alpha value is -2.74. The molecule has 0 spiro atoms. The van der Waals surface area contributed by atoms with Gasteiger partial charge in [0, 0.05) is 23.2 Å². The van der Waals surface area contributed by atoms with Crippen LogP contribution in [0.25, 0.3) is 10.9 Å². The van der Waals surface area contributed by atoms with Crippen LogP contribution in [-0.2, 0) is 22.9 Å². The second-order valence-electron chi connectivity index (χ2n) is 5.77. The first-order chi connectivity index (χ1) is 13.0. The van der Waals surface area contributed by atoms with E-state index in [0.717, 1.165) is 5.56 Å². The smallest absolute Gasteiger partial charge is 0.257 e. The number of carbonyl (C=O) groups is 1. The van der Waals surface area contributed by atoms with Crippen LogP contribution in [0.3, 0.4) is 0 Å². The lowest BCUT2D eigenvalue weighted by Gasteiger charge is -2.08. The highest BCUT2D eigenvalue weighted by Crippen LogP contribution is 2.17. The van der Waals surface area contributed by atoms with Gasteiger partial charge in [-0.25, -0.2) is 14.2 Å². The second-order valence-corrected chi connectivity index (χ2v) is 6.21. The minimum atomic E-state index is -0.618. The summed E-state index contributed by atoms with van der Waals surface area (Å²) in [7, 11) is 1.33. The third-order valence-corrected chi connectivity index (χ3v) is 4.21. The van der Waals surface area contributed by atoms with Crippen LogP contribution in [-0.4, -0.2) is 18.0 Å². The zero-order valence-corrected chi connectivity index (χ0v) is 15.1. The number of nitrogens with one attached hydrogen (secondary N) is 2. The van der Waals surface area contributed by atoms with Crippen molar-refractivity contribution in [2.45, 2.75) is 13.2 Å². The minimum Gasteiger partial charge on any atom is -0.358 e. The van der Waals surface area contributed by atoms with Crippen molar-refractivity contribution in [3.8, 4) is 0 Å². The number of carbonyl (C=O) groups excluding carboxylic acids is 1. The molecule has 6 nitrogen and oxygen atoms in total. The molecule has 2 N–H and O–H groups in total. The van der Waals surface area contributed by atoms with Crippen molar-refractivity contribution in [3.05, 3.63) is 80.3 Å². The summed E-state index contributed by atoms with van der Waals surface area (Å²) in [6, 6.07) is 9.65. The number of halogens is 2. The number of hydrogen-bond donors (Lipinski definition) is 2. The normalized spacial score (nSPS) is 10.9. The lowest BCUT2D eigenvalue weighted by molar-refractivity contribution is -0.282. The number of fused-ring (bicyclic) bond motifs is 1. The van der Waals surface area contributed by atoms with E-state index >= 15 is 0 Å². The van der Waals surface area contributed by atoms with Gasteiger partial charge in [-0.3, -0.25) is 9.59 Å². The quantitative estimate of drug-likeness (QED) is 0.499. The molecular weight excluding hydrogens is 375 g/mol. The van der Waals surface area contributed by atoms with Crippen molar-refractivity contribution in [1.29, 1.82) is 0 Å². The molecule has 0 bridgehead atoms. The third-order valence-electron chi connectivity index (χ3n) is 3.95. The fourth-order valence-corrected chi connectivity index (χ4v) is 2.73. The van der Waals surface area contributed by atoms with Crippen LogP contribution >= 0.6 is 11.6 Å². The fraction of sp³-hybridized carbons (Fsp3) is 0.158. The van der Waals surface area contributed by atoms with Gasteiger partial charge >= 0.3 is 0 Å². The zero-order chi connectivity index (χ0) is 19.4. The first-order valence-electron chi connectivity index (χ1n) is 8.01. The SMILES string of the molecule is COOCc1cc(F)c2[nH]cc(C(=O)NCc3ccc(Cl)cc3)c(=O)c2c1. The third kappa shape index (κ3) is 4.33. The predicted octanol–water partition coefficient (Wildman–Crippen LogP) is 3.33. The first kappa shape index (κ1) is 19.0. The average Bonchev–Trinajstić information content (AvgIpc) is 2.66. The van der Waals surface area contributed by atoms with Crippen LogP contribution < -0.4 is 10.7 Å². The molecule has 0 unspecified atom stereocenters. The van der Waals surface area contributed by atoms with Crippen molar-refractivity contribution in [2.24, 2.45) is 0 Å². The minimum absolute atomic E-state index is 0.0235. The lowest BCUT2D eigenvalue weighted by Crippen LogP contribution is -2.28. The van der Waals surface area contributed by atoms with Gasteiger partial charge in [-0.15, -0.1) is 0 Å². The summed E-state index contributed by atoms with van der Waals surface area (Å²) < 4.78 is 14.2. The van der Waals surface area contributed by atoms with Crippen molar-refractivity contribution in [1.82, 2.24) is 10.3 Å². The second kappa shape index (κ2) is 8.30. The molecule has 2 aromatic carbocycles. The molecule has 1 heterocycles. The fourth-order valence-electron chi connectivity index (χ4n) is 2.60. The van der Waals surface area contributed by atoms with Gasteiger partial charge in [0.05, 0.1) is 12.6 Å². The molecule has 1 aromatic heterocycles. The summed E-state index contributed by atoms with van der Waals surface area (Å²) in [5.41, 5.74) is 0.577. The molecule has 0 aliphatic carbocycles. The number of rotatable bonds is 6. The maximum Gasteiger partial charge on any atom is 0.257 e. The molecule has 1 amide bonds. The summed E-state index contributed by atoms with van der Waals surface area (Å²) in [4.78, 5) is 37.0. The molecule has 0 radical (unpaired) electrons. The van der Waals surface area contributed by atoms with E-state index in [1.165, 1.54) is 25.4 Å². The van der Waals surface area contributed by atoms with E-state index in [1.54, 1.807) is 24.3 Å². The van der Waals surface area contributed by atoms with Gasteiger partial charge in [-0.1, -0.05) is 23.7 Å². The molecule has 0 aliphatic heterocycles. The van der Waals surface area contributed by atoms with Gasteiger partial charge in [-0.2, -0.15) is 0 Å². The Morgan fingerprint density at radius 2 is 1.96 bits per heavy atom. The van der Waals surface area contributed by atoms with Crippen molar-refractivity contribution >= 4 is 28.4 Å². The number of aromatic nitrogens is 1. The molecule has 27 heavy (non-hydrogen) atoms. The molecule has 0 atom stereocenters. The summed E-state index contributed by atoms with van der Waals surface area (Å²) in [6.07, 6.45) is 1.20. The van der Waals surface area contributed by atoms with Gasteiger partial charge < -0.3 is 10.3 Å². The Morgan fingerprint density at radius 3 is 2.67 bits per heavy atom. The van der Waals surface area contributed by atoms with E-state index in [4.69, 9.17) is 16.5 Å². The summed E-state index contributed by atoms with van der Waals surface area (Å²) in [5, 5.41) is 3.31. The van der Waals surface area contributed by atoms with Crippen LogP contribution in [0, 0.1) is 5.82 Å². The largest absolute Gasteiger partial charge is 0.358 e. The van der Waals surface area contributed by atoms with E-state index in [-0.39, 0.29) is 29.6 Å². The van der Waals surface area contributed by atoms with E-state index < -0.39 is 17.2 Å². The standard InChI is InChI=1S/C19H16ClFN2O4/c1-26-27-10-12-6-14-17(16(21)7-12)22-9-15(18(14)24)19(25)23-8-11-2-4-13(20)5-3-11/h2-7,9H,8,10H2,1H3,(H,22,24)(H,23,25). The predicted molar refractivity (Wildman–Crippen MR) is 98.9 cm³/mol. The maximum atomic E-state index is 14.2. The van der Waals surface area contributed by atoms with Crippen molar-refractivity contribution in [2.75, 3.05) is 7.11 Å². The van der Waals surface area contributed by atoms with E-state index in [1.807, 2.05) is 0 Å². The van der Waals surface area contributed by atoms with Crippen LogP contribution in [0.4, 0.5) is 4.39 Å². The molecule has 0 saturated carbocycles.